The van der Waals surface area contributed by atoms with Crippen LogP contribution < -0.4 is 0 Å². The molecular weight excluding hydrogens is 323 g/mol. The first-order chi connectivity index (χ1) is 7.73. The Bertz CT molecular complexity index is 404. The van der Waals surface area contributed by atoms with Gasteiger partial charge < -0.3 is 0 Å². The molecule has 0 aliphatic heterocycles. The maximum Gasteiger partial charge on any atom is 0.152 e. The van der Waals surface area contributed by atoms with Crippen molar-refractivity contribution in [2.75, 3.05) is 0 Å². The Balaban J connectivity index is 2.89. The van der Waals surface area contributed by atoms with Gasteiger partial charge in [0.2, 0.25) is 0 Å². The van der Waals surface area contributed by atoms with Crippen molar-refractivity contribution in [1.82, 2.24) is 0 Å². The molecule has 1 aromatic rings. The van der Waals surface area contributed by atoms with E-state index in [4.69, 9.17) is 23.2 Å². The minimum Gasteiger partial charge on any atom is -0.298 e. The second-order valence-corrected chi connectivity index (χ2v) is 6.91. The Hall–Kier alpha value is -0.0500. The van der Waals surface area contributed by atoms with Gasteiger partial charge in [-0.05, 0) is 24.1 Å². The van der Waals surface area contributed by atoms with Gasteiger partial charge in [-0.1, -0.05) is 66.0 Å². The SMILES string of the molecule is CC(C)(C)C(=O)C(Br)Cc1c(Cl)cccc1Cl. The van der Waals surface area contributed by atoms with Crippen molar-refractivity contribution < 1.29 is 4.79 Å². The van der Waals surface area contributed by atoms with Gasteiger partial charge in [-0.2, -0.15) is 0 Å². The number of rotatable bonds is 3. The van der Waals surface area contributed by atoms with Crippen molar-refractivity contribution in [2.24, 2.45) is 5.41 Å². The maximum absolute atomic E-state index is 12.1. The minimum atomic E-state index is -0.373. The number of alkyl halides is 1. The zero-order valence-electron chi connectivity index (χ0n) is 10.1. The molecule has 0 radical (unpaired) electrons. The third-order valence-corrected chi connectivity index (χ3v) is 3.92. The highest BCUT2D eigenvalue weighted by Crippen LogP contribution is 2.29. The van der Waals surface area contributed by atoms with Crippen LogP contribution in [0.15, 0.2) is 18.2 Å². The molecule has 94 valence electrons. The summed E-state index contributed by atoms with van der Waals surface area (Å²) in [6, 6.07) is 5.36. The van der Waals surface area contributed by atoms with E-state index in [1.54, 1.807) is 18.2 Å². The number of benzene rings is 1. The first kappa shape index (κ1) is 15.0. The Morgan fingerprint density at radius 3 is 2.18 bits per heavy atom. The molecule has 0 bridgehead atoms. The van der Waals surface area contributed by atoms with Crippen molar-refractivity contribution >= 4 is 44.9 Å². The number of carbonyl (C=O) groups is 1. The lowest BCUT2D eigenvalue weighted by atomic mass is 9.87. The van der Waals surface area contributed by atoms with Crippen LogP contribution in [0.3, 0.4) is 0 Å². The summed E-state index contributed by atoms with van der Waals surface area (Å²) in [6.45, 7) is 5.70. The van der Waals surface area contributed by atoms with E-state index in [0.29, 0.717) is 16.5 Å². The van der Waals surface area contributed by atoms with E-state index in [1.165, 1.54) is 0 Å². The average Bonchev–Trinajstić information content (AvgIpc) is 2.21. The highest BCUT2D eigenvalue weighted by molar-refractivity contribution is 9.10. The molecule has 0 fully saturated rings. The van der Waals surface area contributed by atoms with Crippen LogP contribution in [0, 0.1) is 5.41 Å². The van der Waals surface area contributed by atoms with E-state index in [9.17, 15) is 4.79 Å². The average molecular weight is 338 g/mol. The fourth-order valence-corrected chi connectivity index (χ4v) is 3.03. The van der Waals surface area contributed by atoms with E-state index in [1.807, 2.05) is 20.8 Å². The quantitative estimate of drug-likeness (QED) is 0.716. The fourth-order valence-electron chi connectivity index (χ4n) is 1.47. The molecule has 1 aromatic carbocycles. The Kier molecular flexibility index (Phi) is 5.06. The Morgan fingerprint density at radius 1 is 1.29 bits per heavy atom. The highest BCUT2D eigenvalue weighted by atomic mass is 79.9. The largest absolute Gasteiger partial charge is 0.298 e. The minimum absolute atomic E-state index is 0.147. The number of halogens is 3. The zero-order chi connectivity index (χ0) is 13.2. The molecule has 0 spiro atoms. The molecule has 0 aliphatic rings. The number of carbonyl (C=O) groups excluding carboxylic acids is 1. The number of hydrogen-bond donors (Lipinski definition) is 0. The van der Waals surface area contributed by atoms with Crippen molar-refractivity contribution in [3.05, 3.63) is 33.8 Å². The van der Waals surface area contributed by atoms with Crippen LogP contribution >= 0.6 is 39.1 Å². The van der Waals surface area contributed by atoms with Crippen molar-refractivity contribution in [1.29, 1.82) is 0 Å². The summed E-state index contributed by atoms with van der Waals surface area (Å²) in [4.78, 5) is 11.8. The fraction of sp³-hybridized carbons (Fsp3) is 0.462. The first-order valence-corrected chi connectivity index (χ1v) is 7.02. The molecule has 1 unspecified atom stereocenters. The summed E-state index contributed by atoms with van der Waals surface area (Å²) in [5, 5.41) is 1.20. The topological polar surface area (TPSA) is 17.1 Å². The molecule has 0 amide bonds. The van der Waals surface area contributed by atoms with E-state index >= 15 is 0 Å². The zero-order valence-corrected chi connectivity index (χ0v) is 13.2. The summed E-state index contributed by atoms with van der Waals surface area (Å²) in [7, 11) is 0. The van der Waals surface area contributed by atoms with E-state index in [2.05, 4.69) is 15.9 Å². The van der Waals surface area contributed by atoms with Crippen LogP contribution in [-0.4, -0.2) is 10.6 Å². The summed E-state index contributed by atoms with van der Waals surface area (Å²) >= 11 is 15.6. The number of hydrogen-bond acceptors (Lipinski definition) is 1. The molecule has 17 heavy (non-hydrogen) atoms. The predicted molar refractivity (Wildman–Crippen MR) is 77.3 cm³/mol. The summed E-state index contributed by atoms with van der Waals surface area (Å²) in [5.41, 5.74) is 0.442. The lowest BCUT2D eigenvalue weighted by Gasteiger charge is -2.21. The second kappa shape index (κ2) is 5.73. The van der Waals surface area contributed by atoms with Gasteiger partial charge in [0.25, 0.3) is 0 Å². The Morgan fingerprint density at radius 2 is 1.76 bits per heavy atom. The van der Waals surface area contributed by atoms with Gasteiger partial charge in [0.05, 0.1) is 4.83 Å². The van der Waals surface area contributed by atoms with Gasteiger partial charge in [0, 0.05) is 15.5 Å². The van der Waals surface area contributed by atoms with Crippen molar-refractivity contribution in [2.45, 2.75) is 32.0 Å². The normalized spacial score (nSPS) is 13.5. The van der Waals surface area contributed by atoms with Crippen molar-refractivity contribution in [3.63, 3.8) is 0 Å². The third-order valence-electron chi connectivity index (χ3n) is 2.47. The van der Waals surface area contributed by atoms with Gasteiger partial charge in [0.15, 0.2) is 5.78 Å². The molecule has 1 nitrogen and oxygen atoms in total. The third kappa shape index (κ3) is 3.97. The van der Waals surface area contributed by atoms with E-state index in [0.717, 1.165) is 5.56 Å². The van der Waals surface area contributed by atoms with Gasteiger partial charge in [-0.25, -0.2) is 0 Å². The van der Waals surface area contributed by atoms with Crippen LogP contribution in [-0.2, 0) is 11.2 Å². The highest BCUT2D eigenvalue weighted by Gasteiger charge is 2.28. The molecule has 0 saturated heterocycles. The molecule has 0 saturated carbocycles. The molecular formula is C13H15BrCl2O. The molecule has 4 heteroatoms. The molecule has 0 N–H and O–H groups in total. The van der Waals surface area contributed by atoms with Gasteiger partial charge in [-0.15, -0.1) is 0 Å². The molecule has 0 aliphatic carbocycles. The van der Waals surface area contributed by atoms with Crippen LogP contribution in [0.4, 0.5) is 0 Å². The molecule has 1 atom stereocenters. The standard InChI is InChI=1S/C13H15BrCl2O/c1-13(2,3)12(17)9(14)7-8-10(15)5-4-6-11(8)16/h4-6,9H,7H2,1-3H3. The lowest BCUT2D eigenvalue weighted by molar-refractivity contribution is -0.125. The van der Waals surface area contributed by atoms with Crippen LogP contribution in [0.1, 0.15) is 26.3 Å². The lowest BCUT2D eigenvalue weighted by Crippen LogP contribution is -2.30. The van der Waals surface area contributed by atoms with Gasteiger partial charge in [-0.3, -0.25) is 4.79 Å². The van der Waals surface area contributed by atoms with Gasteiger partial charge >= 0.3 is 0 Å². The summed E-state index contributed by atoms with van der Waals surface area (Å²) in [6.07, 6.45) is 0.509. The van der Waals surface area contributed by atoms with Crippen molar-refractivity contribution in [3.8, 4) is 0 Å². The van der Waals surface area contributed by atoms with Crippen LogP contribution in [0.2, 0.25) is 10.0 Å². The monoisotopic (exact) mass is 336 g/mol. The molecule has 0 aromatic heterocycles. The van der Waals surface area contributed by atoms with Crippen LogP contribution in [0.25, 0.3) is 0 Å². The first-order valence-electron chi connectivity index (χ1n) is 5.34. The molecule has 0 heterocycles. The maximum atomic E-state index is 12.1. The van der Waals surface area contributed by atoms with Gasteiger partial charge in [0.1, 0.15) is 0 Å². The smallest absolute Gasteiger partial charge is 0.152 e. The summed E-state index contributed by atoms with van der Waals surface area (Å²) < 4.78 is 0. The summed E-state index contributed by atoms with van der Waals surface area (Å²) in [5.74, 6) is 0.147. The molecule has 1 rings (SSSR count). The van der Waals surface area contributed by atoms with E-state index in [-0.39, 0.29) is 16.0 Å². The van der Waals surface area contributed by atoms with Crippen LogP contribution in [0.5, 0.6) is 0 Å². The number of Topliss-reactive ketones (excluding diaryl/α,β-unsaturated/α-hetero) is 1. The Labute approximate surface area is 121 Å². The predicted octanol–water partition coefficient (Wildman–Crippen LogP) is 4.91. The van der Waals surface area contributed by atoms with E-state index < -0.39 is 0 Å². The number of ketones is 1. The second-order valence-electron chi connectivity index (χ2n) is 4.99.